The van der Waals surface area contributed by atoms with Crippen molar-refractivity contribution in [3.05, 3.63) is 76.1 Å². The summed E-state index contributed by atoms with van der Waals surface area (Å²) in [7, 11) is 1.49. The molecule has 170 valence electrons. The summed E-state index contributed by atoms with van der Waals surface area (Å²) in [4.78, 5) is 40.1. The Morgan fingerprint density at radius 3 is 2.52 bits per heavy atom. The van der Waals surface area contributed by atoms with Gasteiger partial charge in [0.05, 0.1) is 37.5 Å². The van der Waals surface area contributed by atoms with E-state index in [4.69, 9.17) is 21.1 Å². The number of carbonyl (C=O) groups excluding carboxylic acids is 3. The number of ketones is 1. The van der Waals surface area contributed by atoms with Crippen molar-refractivity contribution < 1.29 is 23.9 Å². The number of benzene rings is 2. The molecular weight excluding hydrogens is 446 g/mol. The summed E-state index contributed by atoms with van der Waals surface area (Å²) in [6.45, 7) is 4.22. The maximum atomic E-state index is 13.3. The molecule has 1 atom stereocenters. The van der Waals surface area contributed by atoms with Crippen molar-refractivity contribution in [1.29, 1.82) is 0 Å². The number of anilines is 1. The van der Waals surface area contributed by atoms with Gasteiger partial charge in [-0.15, -0.1) is 0 Å². The quantitative estimate of drug-likeness (QED) is 0.402. The number of amides is 1. The Labute approximate surface area is 195 Å². The molecule has 0 saturated heterocycles. The molecule has 0 aliphatic carbocycles. The van der Waals surface area contributed by atoms with Crippen LogP contribution in [0.4, 0.5) is 5.69 Å². The number of aromatic nitrogens is 2. The molecule has 8 nitrogen and oxygen atoms in total. The second-order valence-corrected chi connectivity index (χ2v) is 7.97. The lowest BCUT2D eigenvalue weighted by molar-refractivity contribution is 0.0522. The van der Waals surface area contributed by atoms with E-state index in [1.807, 2.05) is 6.92 Å². The minimum absolute atomic E-state index is 0.141. The Bertz CT molecular complexity index is 1240. The SMILES string of the molecule is CCOC(=O)c1cnn2c1C(=O)N(c1ccc(C(=O)c3ccc(Cl)c(OC)c3)cc1)C(C)C2. The minimum atomic E-state index is -0.582. The van der Waals surface area contributed by atoms with Crippen molar-refractivity contribution in [2.75, 3.05) is 18.6 Å². The van der Waals surface area contributed by atoms with Gasteiger partial charge in [-0.1, -0.05) is 11.6 Å². The van der Waals surface area contributed by atoms with Crippen molar-refractivity contribution >= 4 is 34.9 Å². The molecule has 1 aliphatic heterocycles. The molecule has 3 aromatic rings. The second-order valence-electron chi connectivity index (χ2n) is 7.56. The lowest BCUT2D eigenvalue weighted by Crippen LogP contribution is -2.47. The van der Waals surface area contributed by atoms with Crippen molar-refractivity contribution in [2.24, 2.45) is 0 Å². The van der Waals surface area contributed by atoms with Gasteiger partial charge in [0.15, 0.2) is 5.78 Å². The van der Waals surface area contributed by atoms with Crippen LogP contribution < -0.4 is 9.64 Å². The first-order valence-electron chi connectivity index (χ1n) is 10.4. The summed E-state index contributed by atoms with van der Waals surface area (Å²) in [6, 6.07) is 11.4. The number of hydrogen-bond donors (Lipinski definition) is 0. The molecule has 9 heteroatoms. The van der Waals surface area contributed by atoms with Gasteiger partial charge in [-0.2, -0.15) is 5.10 Å². The summed E-state index contributed by atoms with van der Waals surface area (Å²) in [6.07, 6.45) is 1.36. The number of carbonyl (C=O) groups is 3. The van der Waals surface area contributed by atoms with Gasteiger partial charge in [-0.05, 0) is 56.3 Å². The third-order valence-electron chi connectivity index (χ3n) is 5.46. The zero-order valence-corrected chi connectivity index (χ0v) is 19.1. The number of rotatable bonds is 6. The molecular formula is C24H22ClN3O5. The number of esters is 1. The highest BCUT2D eigenvalue weighted by Crippen LogP contribution is 2.29. The van der Waals surface area contributed by atoms with Gasteiger partial charge in [0.2, 0.25) is 0 Å². The first-order valence-corrected chi connectivity index (χ1v) is 10.8. The normalized spacial score (nSPS) is 15.2. The van der Waals surface area contributed by atoms with Crippen LogP contribution in [0.2, 0.25) is 5.02 Å². The van der Waals surface area contributed by atoms with Crippen molar-refractivity contribution in [2.45, 2.75) is 26.4 Å². The average Bonchev–Trinajstić information content (AvgIpc) is 3.24. The van der Waals surface area contributed by atoms with Gasteiger partial charge in [0.25, 0.3) is 5.91 Å². The number of ether oxygens (including phenoxy) is 2. The molecule has 2 aromatic carbocycles. The third-order valence-corrected chi connectivity index (χ3v) is 5.77. The van der Waals surface area contributed by atoms with Crippen LogP contribution in [0.5, 0.6) is 5.75 Å². The second kappa shape index (κ2) is 9.07. The summed E-state index contributed by atoms with van der Waals surface area (Å²) in [5.41, 5.74) is 1.84. The van der Waals surface area contributed by atoms with E-state index in [0.29, 0.717) is 34.1 Å². The molecule has 1 unspecified atom stereocenters. The summed E-state index contributed by atoms with van der Waals surface area (Å²) < 4.78 is 11.8. The van der Waals surface area contributed by atoms with Crippen LogP contribution in [0.25, 0.3) is 0 Å². The van der Waals surface area contributed by atoms with Crippen molar-refractivity contribution in [3.63, 3.8) is 0 Å². The average molecular weight is 468 g/mol. The number of methoxy groups -OCH3 is 1. The predicted molar refractivity (Wildman–Crippen MR) is 122 cm³/mol. The smallest absolute Gasteiger partial charge is 0.342 e. The first-order chi connectivity index (χ1) is 15.8. The van der Waals surface area contributed by atoms with Crippen molar-refractivity contribution in [1.82, 2.24) is 9.78 Å². The van der Waals surface area contributed by atoms with Gasteiger partial charge in [-0.25, -0.2) is 4.79 Å². The van der Waals surface area contributed by atoms with Crippen molar-refractivity contribution in [3.8, 4) is 5.75 Å². The zero-order chi connectivity index (χ0) is 23.7. The van der Waals surface area contributed by atoms with Gasteiger partial charge >= 0.3 is 5.97 Å². The molecule has 1 aliphatic rings. The van der Waals surface area contributed by atoms with E-state index >= 15 is 0 Å². The highest BCUT2D eigenvalue weighted by molar-refractivity contribution is 6.32. The van der Waals surface area contributed by atoms with Crippen LogP contribution in [0.1, 0.15) is 50.6 Å². The highest BCUT2D eigenvalue weighted by Gasteiger charge is 2.36. The van der Waals surface area contributed by atoms with E-state index in [0.717, 1.165) is 0 Å². The monoisotopic (exact) mass is 467 g/mol. The molecule has 2 heterocycles. The lowest BCUT2D eigenvalue weighted by Gasteiger charge is -2.34. The van der Waals surface area contributed by atoms with E-state index in [-0.39, 0.29) is 35.6 Å². The maximum Gasteiger partial charge on any atom is 0.342 e. The summed E-state index contributed by atoms with van der Waals surface area (Å²) >= 11 is 6.05. The molecule has 4 rings (SSSR count). The summed E-state index contributed by atoms with van der Waals surface area (Å²) in [5, 5.41) is 4.60. The van der Waals surface area contributed by atoms with Crippen LogP contribution in [-0.4, -0.2) is 47.2 Å². The van der Waals surface area contributed by atoms with Crippen LogP contribution in [0.15, 0.2) is 48.7 Å². The number of fused-ring (bicyclic) bond motifs is 1. The minimum Gasteiger partial charge on any atom is -0.495 e. The largest absolute Gasteiger partial charge is 0.495 e. The fourth-order valence-corrected chi connectivity index (χ4v) is 4.06. The van der Waals surface area contributed by atoms with Crippen LogP contribution in [0, 0.1) is 0 Å². The Morgan fingerprint density at radius 2 is 1.85 bits per heavy atom. The molecule has 0 fully saturated rings. The Morgan fingerprint density at radius 1 is 1.15 bits per heavy atom. The van der Waals surface area contributed by atoms with Crippen LogP contribution in [0.3, 0.4) is 0 Å². The third kappa shape index (κ3) is 4.09. The lowest BCUT2D eigenvalue weighted by atomic mass is 10.0. The number of hydrogen-bond acceptors (Lipinski definition) is 6. The number of halogens is 1. The van der Waals surface area contributed by atoms with E-state index in [1.165, 1.54) is 18.0 Å². The number of nitrogens with zero attached hydrogens (tertiary/aromatic N) is 3. The molecule has 33 heavy (non-hydrogen) atoms. The van der Waals surface area contributed by atoms with Gasteiger partial charge < -0.3 is 14.4 Å². The molecule has 0 radical (unpaired) electrons. The standard InChI is InChI=1S/C24H22ClN3O5/c1-4-33-24(31)18-12-26-27-13-14(2)28(23(30)21(18)27)17-8-5-15(6-9-17)22(29)16-7-10-19(25)20(11-16)32-3/h5-12,14H,4,13H2,1-3H3. The van der Waals surface area contributed by atoms with Gasteiger partial charge in [-0.3, -0.25) is 14.3 Å². The van der Waals surface area contributed by atoms with E-state index in [2.05, 4.69) is 5.10 Å². The Hall–Kier alpha value is -3.65. The molecule has 1 amide bonds. The fourth-order valence-electron chi connectivity index (χ4n) is 3.87. The van der Waals surface area contributed by atoms with E-state index < -0.39 is 5.97 Å². The first kappa shape index (κ1) is 22.5. The molecule has 1 aromatic heterocycles. The highest BCUT2D eigenvalue weighted by atomic mass is 35.5. The Kier molecular flexibility index (Phi) is 6.20. The van der Waals surface area contributed by atoms with Crippen LogP contribution in [-0.2, 0) is 11.3 Å². The molecule has 0 N–H and O–H groups in total. The van der Waals surface area contributed by atoms with Gasteiger partial charge in [0.1, 0.15) is 17.0 Å². The van der Waals surface area contributed by atoms with E-state index in [1.54, 1.807) is 54.3 Å². The molecule has 0 bridgehead atoms. The molecule has 0 saturated carbocycles. The predicted octanol–water partition coefficient (Wildman–Crippen LogP) is 4.00. The van der Waals surface area contributed by atoms with E-state index in [9.17, 15) is 14.4 Å². The van der Waals surface area contributed by atoms with Crippen LogP contribution >= 0.6 is 11.6 Å². The topological polar surface area (TPSA) is 90.7 Å². The fraction of sp³-hybridized carbons (Fsp3) is 0.250. The Balaban J connectivity index is 1.62. The zero-order valence-electron chi connectivity index (χ0n) is 18.4. The maximum absolute atomic E-state index is 13.3. The van der Waals surface area contributed by atoms with Gasteiger partial charge in [0, 0.05) is 16.8 Å². The molecule has 0 spiro atoms. The summed E-state index contributed by atoms with van der Waals surface area (Å²) in [5.74, 6) is -0.713.